The van der Waals surface area contributed by atoms with Crippen molar-refractivity contribution in [2.24, 2.45) is 0 Å². The van der Waals surface area contributed by atoms with Crippen LogP contribution in [0.4, 0.5) is 0 Å². The summed E-state index contributed by atoms with van der Waals surface area (Å²) in [6.07, 6.45) is 0.163. The Hall–Kier alpha value is -3.34. The minimum atomic E-state index is -0.103. The van der Waals surface area contributed by atoms with Gasteiger partial charge in [0.2, 0.25) is 11.7 Å². The summed E-state index contributed by atoms with van der Waals surface area (Å²) in [6, 6.07) is 21.1. The van der Waals surface area contributed by atoms with Crippen molar-refractivity contribution in [2.75, 3.05) is 0 Å². The Morgan fingerprint density at radius 3 is 2.60 bits per heavy atom. The first-order valence-electron chi connectivity index (χ1n) is 8.03. The average Bonchev–Trinajstić information content (AvgIpc) is 3.27. The first kappa shape index (κ1) is 15.2. The van der Waals surface area contributed by atoms with E-state index in [0.717, 1.165) is 16.5 Å². The van der Waals surface area contributed by atoms with E-state index in [1.165, 1.54) is 0 Å². The van der Waals surface area contributed by atoms with Crippen molar-refractivity contribution in [1.29, 1.82) is 0 Å². The lowest BCUT2D eigenvalue weighted by atomic mass is 10.2. The summed E-state index contributed by atoms with van der Waals surface area (Å²) in [6.45, 7) is 0.494. The number of para-hydroxylation sites is 1. The lowest BCUT2D eigenvalue weighted by Gasteiger charge is -2.03. The Morgan fingerprint density at radius 1 is 0.960 bits per heavy atom. The highest BCUT2D eigenvalue weighted by atomic mass is 16.5. The fourth-order valence-corrected chi connectivity index (χ4v) is 2.64. The molecule has 0 aliphatic heterocycles. The van der Waals surface area contributed by atoms with E-state index < -0.39 is 0 Å². The van der Waals surface area contributed by atoms with E-state index in [-0.39, 0.29) is 12.3 Å². The van der Waals surface area contributed by atoms with E-state index in [1.807, 2.05) is 60.7 Å². The van der Waals surface area contributed by atoms with Gasteiger partial charge in [-0.2, -0.15) is 0 Å². The highest BCUT2D eigenvalue weighted by molar-refractivity contribution is 5.82. The summed E-state index contributed by atoms with van der Waals surface area (Å²) in [5, 5.41) is 7.83. The number of amides is 1. The number of nitrogens with zero attached hydrogens (tertiary/aromatic N) is 1. The van der Waals surface area contributed by atoms with Crippen molar-refractivity contribution in [3.05, 3.63) is 78.0 Å². The summed E-state index contributed by atoms with van der Waals surface area (Å²) in [4.78, 5) is 12.1. The molecule has 0 unspecified atom stereocenters. The van der Waals surface area contributed by atoms with E-state index in [0.29, 0.717) is 23.8 Å². The van der Waals surface area contributed by atoms with Crippen LogP contribution in [0.1, 0.15) is 11.3 Å². The fourth-order valence-electron chi connectivity index (χ4n) is 2.64. The van der Waals surface area contributed by atoms with Crippen LogP contribution in [0.5, 0.6) is 0 Å². The third-order valence-electron chi connectivity index (χ3n) is 3.90. The molecule has 0 aliphatic carbocycles. The highest BCUT2D eigenvalue weighted by Gasteiger charge is 2.14. The van der Waals surface area contributed by atoms with Gasteiger partial charge in [-0.05, 0) is 17.7 Å². The van der Waals surface area contributed by atoms with Gasteiger partial charge in [-0.1, -0.05) is 53.7 Å². The monoisotopic (exact) mass is 332 g/mol. The number of aromatic nitrogens is 1. The average molecular weight is 332 g/mol. The number of benzene rings is 2. The van der Waals surface area contributed by atoms with Gasteiger partial charge in [0.1, 0.15) is 5.58 Å². The van der Waals surface area contributed by atoms with Gasteiger partial charge in [-0.15, -0.1) is 0 Å². The Kier molecular flexibility index (Phi) is 4.04. The van der Waals surface area contributed by atoms with Gasteiger partial charge >= 0.3 is 0 Å². The van der Waals surface area contributed by atoms with Gasteiger partial charge in [-0.3, -0.25) is 4.79 Å². The quantitative estimate of drug-likeness (QED) is 0.601. The Balaban J connectivity index is 1.41. The Labute approximate surface area is 144 Å². The Bertz CT molecular complexity index is 969. The molecule has 0 spiro atoms. The third kappa shape index (κ3) is 3.45. The van der Waals surface area contributed by atoms with Crippen LogP contribution in [0.15, 0.2) is 75.7 Å². The maximum Gasteiger partial charge on any atom is 0.226 e. The molecule has 5 nitrogen and oxygen atoms in total. The SMILES string of the molecule is O=C(Cc1cc(-c2cc3ccccc3o2)on1)NCc1ccccc1. The summed E-state index contributed by atoms with van der Waals surface area (Å²) >= 11 is 0. The van der Waals surface area contributed by atoms with Crippen LogP contribution in [-0.4, -0.2) is 11.1 Å². The van der Waals surface area contributed by atoms with E-state index in [4.69, 9.17) is 8.94 Å². The number of rotatable bonds is 5. The molecule has 4 rings (SSSR count). The summed E-state index contributed by atoms with van der Waals surface area (Å²) in [7, 11) is 0. The summed E-state index contributed by atoms with van der Waals surface area (Å²) in [5.41, 5.74) is 2.41. The first-order valence-corrected chi connectivity index (χ1v) is 8.03. The molecule has 4 aromatic rings. The molecule has 0 saturated carbocycles. The van der Waals surface area contributed by atoms with Crippen molar-refractivity contribution in [3.63, 3.8) is 0 Å². The van der Waals surface area contributed by atoms with Crippen molar-refractivity contribution < 1.29 is 13.7 Å². The second-order valence-electron chi connectivity index (χ2n) is 5.77. The summed E-state index contributed by atoms with van der Waals surface area (Å²) < 4.78 is 11.1. The number of furan rings is 1. The number of nitrogens with one attached hydrogen (secondary N) is 1. The van der Waals surface area contributed by atoms with Crippen LogP contribution in [0.3, 0.4) is 0 Å². The van der Waals surface area contributed by atoms with Crippen molar-refractivity contribution in [1.82, 2.24) is 10.5 Å². The van der Waals surface area contributed by atoms with Crippen molar-refractivity contribution >= 4 is 16.9 Å². The molecule has 1 amide bonds. The van der Waals surface area contributed by atoms with Gasteiger partial charge < -0.3 is 14.3 Å². The standard InChI is InChI=1S/C20H16N2O3/c23-20(21-13-14-6-2-1-3-7-14)12-16-11-19(25-22-16)18-10-15-8-4-5-9-17(15)24-18/h1-11H,12-13H2,(H,21,23). The topological polar surface area (TPSA) is 68.3 Å². The molecule has 0 bridgehead atoms. The van der Waals surface area contributed by atoms with Crippen molar-refractivity contribution in [2.45, 2.75) is 13.0 Å². The largest absolute Gasteiger partial charge is 0.453 e. The van der Waals surface area contributed by atoms with Gasteiger partial charge in [0.25, 0.3) is 0 Å². The molecule has 0 fully saturated rings. The molecule has 5 heteroatoms. The second-order valence-corrected chi connectivity index (χ2v) is 5.77. The van der Waals surface area contributed by atoms with Gasteiger partial charge in [0.05, 0.1) is 12.1 Å². The molecule has 0 saturated heterocycles. The van der Waals surface area contributed by atoms with Gasteiger partial charge in [0.15, 0.2) is 5.76 Å². The molecular weight excluding hydrogens is 316 g/mol. The van der Waals surface area contributed by atoms with Crippen LogP contribution in [0.2, 0.25) is 0 Å². The smallest absolute Gasteiger partial charge is 0.226 e. The lowest BCUT2D eigenvalue weighted by Crippen LogP contribution is -2.24. The van der Waals surface area contributed by atoms with Gasteiger partial charge in [-0.25, -0.2) is 0 Å². The molecule has 0 aliphatic rings. The van der Waals surface area contributed by atoms with Crippen LogP contribution in [0, 0.1) is 0 Å². The summed E-state index contributed by atoms with van der Waals surface area (Å²) in [5.74, 6) is 1.01. The zero-order chi connectivity index (χ0) is 17.1. The van der Waals surface area contributed by atoms with Crippen LogP contribution < -0.4 is 5.32 Å². The minimum Gasteiger partial charge on any atom is -0.453 e. The zero-order valence-corrected chi connectivity index (χ0v) is 13.4. The zero-order valence-electron chi connectivity index (χ0n) is 13.4. The predicted octanol–water partition coefficient (Wildman–Crippen LogP) is 3.95. The first-order chi connectivity index (χ1) is 12.3. The molecule has 0 radical (unpaired) electrons. The molecule has 2 aromatic heterocycles. The normalized spacial score (nSPS) is 10.9. The Morgan fingerprint density at radius 2 is 1.76 bits per heavy atom. The number of hydrogen-bond acceptors (Lipinski definition) is 4. The molecular formula is C20H16N2O3. The number of carbonyl (C=O) groups is 1. The maximum atomic E-state index is 12.1. The molecule has 0 atom stereocenters. The minimum absolute atomic E-state index is 0.103. The maximum absolute atomic E-state index is 12.1. The number of carbonyl (C=O) groups excluding carboxylic acids is 1. The molecule has 2 heterocycles. The second kappa shape index (κ2) is 6.65. The van der Waals surface area contributed by atoms with E-state index in [2.05, 4.69) is 10.5 Å². The molecule has 124 valence electrons. The van der Waals surface area contributed by atoms with Crippen molar-refractivity contribution in [3.8, 4) is 11.5 Å². The lowest BCUT2D eigenvalue weighted by molar-refractivity contribution is -0.120. The predicted molar refractivity (Wildman–Crippen MR) is 93.7 cm³/mol. The van der Waals surface area contributed by atoms with E-state index in [9.17, 15) is 4.79 Å². The van der Waals surface area contributed by atoms with Crippen LogP contribution in [-0.2, 0) is 17.8 Å². The highest BCUT2D eigenvalue weighted by Crippen LogP contribution is 2.28. The van der Waals surface area contributed by atoms with E-state index >= 15 is 0 Å². The molecule has 1 N–H and O–H groups in total. The molecule has 25 heavy (non-hydrogen) atoms. The third-order valence-corrected chi connectivity index (χ3v) is 3.90. The number of fused-ring (bicyclic) bond motifs is 1. The molecule has 2 aromatic carbocycles. The van der Waals surface area contributed by atoms with Crippen LogP contribution in [0.25, 0.3) is 22.5 Å². The van der Waals surface area contributed by atoms with Crippen LogP contribution >= 0.6 is 0 Å². The fraction of sp³-hybridized carbons (Fsp3) is 0.100. The van der Waals surface area contributed by atoms with Gasteiger partial charge in [0, 0.05) is 18.0 Å². The number of hydrogen-bond donors (Lipinski definition) is 1. The van der Waals surface area contributed by atoms with E-state index in [1.54, 1.807) is 6.07 Å².